The summed E-state index contributed by atoms with van der Waals surface area (Å²) in [5.74, 6) is 1.72. The second kappa shape index (κ2) is 2.88. The summed E-state index contributed by atoms with van der Waals surface area (Å²) in [4.78, 5) is 0. The van der Waals surface area contributed by atoms with Crippen LogP contribution in [0.4, 0.5) is 0 Å². The zero-order valence-electron chi connectivity index (χ0n) is 8.89. The number of hydrogen-bond acceptors (Lipinski definition) is 1. The summed E-state index contributed by atoms with van der Waals surface area (Å²) in [7, 11) is 0. The van der Waals surface area contributed by atoms with Gasteiger partial charge in [0, 0.05) is 5.54 Å². The molecule has 1 aliphatic rings. The van der Waals surface area contributed by atoms with Crippen molar-refractivity contribution in [3.63, 3.8) is 0 Å². The van der Waals surface area contributed by atoms with Crippen molar-refractivity contribution in [3.8, 4) is 0 Å². The number of hydrogen-bond donors (Lipinski definition) is 1. The second-order valence-corrected chi connectivity index (χ2v) is 4.65. The molecule has 70 valence electrons. The molecule has 0 spiro atoms. The van der Waals surface area contributed by atoms with Crippen LogP contribution in [-0.2, 0) is 0 Å². The fraction of sp³-hybridized carbons (Fsp3) is 0.818. The van der Waals surface area contributed by atoms with E-state index in [1.54, 1.807) is 0 Å². The van der Waals surface area contributed by atoms with Crippen molar-refractivity contribution in [1.82, 2.24) is 0 Å². The lowest BCUT2D eigenvalue weighted by Crippen LogP contribution is -2.53. The molecule has 4 unspecified atom stereocenters. The normalized spacial score (nSPS) is 48.8. The lowest BCUT2D eigenvalue weighted by molar-refractivity contribution is 0.189. The molecule has 0 heterocycles. The van der Waals surface area contributed by atoms with E-state index >= 15 is 0 Å². The van der Waals surface area contributed by atoms with E-state index in [4.69, 9.17) is 5.73 Å². The minimum atomic E-state index is -0.0295. The maximum atomic E-state index is 6.30. The van der Waals surface area contributed by atoms with Crippen LogP contribution in [0.5, 0.6) is 0 Å². The first-order valence-corrected chi connectivity index (χ1v) is 4.84. The Morgan fingerprint density at radius 2 is 1.83 bits per heavy atom. The van der Waals surface area contributed by atoms with Gasteiger partial charge in [-0.25, -0.2) is 0 Å². The van der Waals surface area contributed by atoms with Crippen molar-refractivity contribution in [2.75, 3.05) is 0 Å². The van der Waals surface area contributed by atoms with Crippen LogP contribution in [0.25, 0.3) is 0 Å². The van der Waals surface area contributed by atoms with E-state index in [9.17, 15) is 0 Å². The average molecular weight is 167 g/mol. The summed E-state index contributed by atoms with van der Waals surface area (Å²) in [6.45, 7) is 11.1. The zero-order valence-corrected chi connectivity index (χ0v) is 8.89. The molecule has 0 aromatic heterocycles. The molecule has 1 nitrogen and oxygen atoms in total. The molecule has 0 aromatic rings. The molecule has 2 N–H and O–H groups in total. The number of nitrogens with two attached hydrogens (primary N) is 1. The van der Waals surface area contributed by atoms with Gasteiger partial charge in [0.05, 0.1) is 0 Å². The Labute approximate surface area is 76.0 Å². The predicted octanol–water partition coefficient (Wildman–Crippen LogP) is 2.57. The maximum absolute atomic E-state index is 6.30. The summed E-state index contributed by atoms with van der Waals surface area (Å²) < 4.78 is 0. The van der Waals surface area contributed by atoms with E-state index in [1.807, 2.05) is 0 Å². The van der Waals surface area contributed by atoms with Crippen molar-refractivity contribution >= 4 is 0 Å². The van der Waals surface area contributed by atoms with Crippen LogP contribution in [-0.4, -0.2) is 5.54 Å². The molecule has 1 heteroatoms. The van der Waals surface area contributed by atoms with Gasteiger partial charge < -0.3 is 5.73 Å². The third-order valence-electron chi connectivity index (χ3n) is 3.91. The zero-order chi connectivity index (χ0) is 9.52. The molecule has 1 aliphatic carbocycles. The van der Waals surface area contributed by atoms with Crippen molar-refractivity contribution in [3.05, 3.63) is 11.6 Å². The summed E-state index contributed by atoms with van der Waals surface area (Å²) in [6.07, 6.45) is 2.37. The first kappa shape index (κ1) is 9.79. The Hall–Kier alpha value is -0.300. The SMILES string of the molecule is CC1=CC(C)C(C)C(C)(N)C1C. The lowest BCUT2D eigenvalue weighted by Gasteiger charge is -2.44. The molecule has 12 heavy (non-hydrogen) atoms. The fourth-order valence-electron chi connectivity index (χ4n) is 2.15. The Morgan fingerprint density at radius 3 is 2.33 bits per heavy atom. The maximum Gasteiger partial charge on any atom is 0.0220 e. The van der Waals surface area contributed by atoms with Crippen LogP contribution in [0.1, 0.15) is 34.6 Å². The minimum Gasteiger partial charge on any atom is -0.325 e. The number of allylic oxidation sites excluding steroid dienone is 1. The minimum absolute atomic E-state index is 0.0295. The predicted molar refractivity (Wildman–Crippen MR) is 53.8 cm³/mol. The van der Waals surface area contributed by atoms with E-state index in [1.165, 1.54) is 5.57 Å². The highest BCUT2D eigenvalue weighted by molar-refractivity contribution is 5.18. The van der Waals surface area contributed by atoms with Gasteiger partial charge in [0.25, 0.3) is 0 Å². The first-order valence-electron chi connectivity index (χ1n) is 4.84. The smallest absolute Gasteiger partial charge is 0.0220 e. The van der Waals surface area contributed by atoms with Crippen molar-refractivity contribution in [2.24, 2.45) is 23.5 Å². The van der Waals surface area contributed by atoms with E-state index in [0.717, 1.165) is 0 Å². The van der Waals surface area contributed by atoms with Crippen LogP contribution >= 0.6 is 0 Å². The Kier molecular flexibility index (Phi) is 2.35. The van der Waals surface area contributed by atoms with Gasteiger partial charge in [0.1, 0.15) is 0 Å². The van der Waals surface area contributed by atoms with Gasteiger partial charge in [-0.3, -0.25) is 0 Å². The van der Waals surface area contributed by atoms with Gasteiger partial charge in [-0.1, -0.05) is 32.4 Å². The Balaban J connectivity index is 3.00. The highest BCUT2D eigenvalue weighted by atomic mass is 14.8. The quantitative estimate of drug-likeness (QED) is 0.551. The van der Waals surface area contributed by atoms with Crippen LogP contribution in [0.15, 0.2) is 11.6 Å². The topological polar surface area (TPSA) is 26.0 Å². The van der Waals surface area contributed by atoms with Crippen LogP contribution in [0, 0.1) is 17.8 Å². The molecule has 0 aliphatic heterocycles. The Bertz CT molecular complexity index is 203. The third-order valence-corrected chi connectivity index (χ3v) is 3.91. The lowest BCUT2D eigenvalue weighted by atomic mass is 9.65. The molecule has 0 bridgehead atoms. The largest absolute Gasteiger partial charge is 0.325 e. The molecular formula is C11H21N. The Morgan fingerprint density at radius 1 is 1.33 bits per heavy atom. The van der Waals surface area contributed by atoms with Gasteiger partial charge >= 0.3 is 0 Å². The molecule has 0 saturated heterocycles. The molecular weight excluding hydrogens is 146 g/mol. The molecule has 0 amide bonds. The molecule has 0 radical (unpaired) electrons. The van der Waals surface area contributed by atoms with Crippen molar-refractivity contribution < 1.29 is 0 Å². The molecule has 0 aromatic carbocycles. The fourth-order valence-corrected chi connectivity index (χ4v) is 2.15. The van der Waals surface area contributed by atoms with E-state index in [-0.39, 0.29) is 5.54 Å². The van der Waals surface area contributed by atoms with Gasteiger partial charge in [-0.05, 0) is 31.6 Å². The number of rotatable bonds is 0. The second-order valence-electron chi connectivity index (χ2n) is 4.65. The molecule has 0 saturated carbocycles. The van der Waals surface area contributed by atoms with Crippen molar-refractivity contribution in [2.45, 2.75) is 40.2 Å². The summed E-state index contributed by atoms with van der Waals surface area (Å²) in [5.41, 5.74) is 7.72. The van der Waals surface area contributed by atoms with Gasteiger partial charge in [0.15, 0.2) is 0 Å². The van der Waals surface area contributed by atoms with Gasteiger partial charge in [0.2, 0.25) is 0 Å². The summed E-state index contributed by atoms with van der Waals surface area (Å²) in [5, 5.41) is 0. The van der Waals surface area contributed by atoms with Crippen LogP contribution < -0.4 is 5.73 Å². The molecule has 4 atom stereocenters. The first-order chi connectivity index (χ1) is 5.37. The monoisotopic (exact) mass is 167 g/mol. The standard InChI is InChI=1S/C11H21N/c1-7-6-8(2)10(4)11(5,12)9(7)3/h6-7,9-10H,12H2,1-5H3. The van der Waals surface area contributed by atoms with Crippen LogP contribution in [0.3, 0.4) is 0 Å². The highest BCUT2D eigenvalue weighted by Gasteiger charge is 2.38. The van der Waals surface area contributed by atoms with Crippen LogP contribution in [0.2, 0.25) is 0 Å². The molecule has 0 fully saturated rings. The highest BCUT2D eigenvalue weighted by Crippen LogP contribution is 2.38. The third kappa shape index (κ3) is 1.31. The summed E-state index contributed by atoms with van der Waals surface area (Å²) in [6, 6.07) is 0. The van der Waals surface area contributed by atoms with E-state index in [2.05, 4.69) is 40.7 Å². The van der Waals surface area contributed by atoms with Gasteiger partial charge in [-0.2, -0.15) is 0 Å². The van der Waals surface area contributed by atoms with Gasteiger partial charge in [-0.15, -0.1) is 0 Å². The van der Waals surface area contributed by atoms with E-state index in [0.29, 0.717) is 17.8 Å². The summed E-state index contributed by atoms with van der Waals surface area (Å²) >= 11 is 0. The van der Waals surface area contributed by atoms with E-state index < -0.39 is 0 Å². The average Bonchev–Trinajstić information content (AvgIpc) is 1.99. The van der Waals surface area contributed by atoms with Crippen molar-refractivity contribution in [1.29, 1.82) is 0 Å². The molecule has 1 rings (SSSR count).